The van der Waals surface area contributed by atoms with Crippen LogP contribution in [0.2, 0.25) is 0 Å². The standard InChI is InChI=1S/C12H11N3O/c13-9-10-3-1-6-14-12(10)15-7-5-11-4-2-8-16-11/h1-4,6,8H,5,7H2,(H,14,15). The topological polar surface area (TPSA) is 61.9 Å². The third-order valence-electron chi connectivity index (χ3n) is 2.17. The largest absolute Gasteiger partial charge is 0.469 e. The number of hydrogen-bond donors (Lipinski definition) is 1. The molecule has 0 aromatic carbocycles. The molecule has 80 valence electrons. The molecule has 0 aliphatic heterocycles. The Labute approximate surface area is 93.5 Å². The minimum Gasteiger partial charge on any atom is -0.469 e. The summed E-state index contributed by atoms with van der Waals surface area (Å²) >= 11 is 0. The average Bonchev–Trinajstić information content (AvgIpc) is 2.83. The second kappa shape index (κ2) is 4.99. The SMILES string of the molecule is N#Cc1cccnc1NCCc1ccco1. The Morgan fingerprint density at radius 2 is 2.31 bits per heavy atom. The zero-order valence-corrected chi connectivity index (χ0v) is 8.68. The number of aromatic nitrogens is 1. The molecule has 1 N–H and O–H groups in total. The van der Waals surface area contributed by atoms with Crippen molar-refractivity contribution < 1.29 is 4.42 Å². The van der Waals surface area contributed by atoms with Crippen LogP contribution in [0.5, 0.6) is 0 Å². The molecule has 0 aliphatic rings. The summed E-state index contributed by atoms with van der Waals surface area (Å²) < 4.78 is 5.20. The number of nitrogens with zero attached hydrogens (tertiary/aromatic N) is 2. The smallest absolute Gasteiger partial charge is 0.143 e. The number of anilines is 1. The Hall–Kier alpha value is -2.28. The number of nitriles is 1. The maximum absolute atomic E-state index is 8.85. The highest BCUT2D eigenvalue weighted by Crippen LogP contribution is 2.09. The number of hydrogen-bond acceptors (Lipinski definition) is 4. The number of pyridine rings is 1. The molecule has 2 aromatic heterocycles. The van der Waals surface area contributed by atoms with E-state index in [0.717, 1.165) is 12.2 Å². The minimum absolute atomic E-state index is 0.557. The van der Waals surface area contributed by atoms with Gasteiger partial charge in [-0.1, -0.05) is 0 Å². The van der Waals surface area contributed by atoms with E-state index >= 15 is 0 Å². The van der Waals surface area contributed by atoms with Crippen LogP contribution < -0.4 is 5.32 Å². The van der Waals surface area contributed by atoms with Gasteiger partial charge in [-0.05, 0) is 24.3 Å². The fourth-order valence-electron chi connectivity index (χ4n) is 1.40. The zero-order valence-electron chi connectivity index (χ0n) is 8.68. The van der Waals surface area contributed by atoms with Crippen LogP contribution in [0.1, 0.15) is 11.3 Å². The molecule has 2 rings (SSSR count). The van der Waals surface area contributed by atoms with Gasteiger partial charge in [-0.2, -0.15) is 5.26 Å². The summed E-state index contributed by atoms with van der Waals surface area (Å²) in [4.78, 5) is 4.10. The molecule has 2 heterocycles. The van der Waals surface area contributed by atoms with Gasteiger partial charge in [-0.25, -0.2) is 4.98 Å². The molecule has 0 saturated heterocycles. The zero-order chi connectivity index (χ0) is 11.2. The molecule has 16 heavy (non-hydrogen) atoms. The molecule has 0 saturated carbocycles. The summed E-state index contributed by atoms with van der Waals surface area (Å²) in [6.45, 7) is 0.694. The average molecular weight is 213 g/mol. The molecule has 0 unspecified atom stereocenters. The van der Waals surface area contributed by atoms with Gasteiger partial charge in [0, 0.05) is 19.2 Å². The third-order valence-corrected chi connectivity index (χ3v) is 2.17. The molecular weight excluding hydrogens is 202 g/mol. The van der Waals surface area contributed by atoms with Gasteiger partial charge >= 0.3 is 0 Å². The molecule has 2 aromatic rings. The fraction of sp³-hybridized carbons (Fsp3) is 0.167. The van der Waals surface area contributed by atoms with E-state index in [-0.39, 0.29) is 0 Å². The van der Waals surface area contributed by atoms with Gasteiger partial charge in [-0.3, -0.25) is 0 Å². The van der Waals surface area contributed by atoms with Crippen LogP contribution in [0.15, 0.2) is 41.1 Å². The van der Waals surface area contributed by atoms with Crippen molar-refractivity contribution in [2.24, 2.45) is 0 Å². The van der Waals surface area contributed by atoms with Gasteiger partial charge in [0.25, 0.3) is 0 Å². The van der Waals surface area contributed by atoms with E-state index in [1.54, 1.807) is 24.6 Å². The van der Waals surface area contributed by atoms with Crippen molar-refractivity contribution in [1.82, 2.24) is 4.98 Å². The molecule has 0 atom stereocenters. The fourth-order valence-corrected chi connectivity index (χ4v) is 1.40. The van der Waals surface area contributed by atoms with Crippen LogP contribution in [0, 0.1) is 11.3 Å². The van der Waals surface area contributed by atoms with Crippen molar-refractivity contribution in [3.63, 3.8) is 0 Å². The lowest BCUT2D eigenvalue weighted by Gasteiger charge is -2.05. The Kier molecular flexibility index (Phi) is 3.19. The van der Waals surface area contributed by atoms with Crippen LogP contribution in [0.4, 0.5) is 5.82 Å². The molecular formula is C12H11N3O. The third kappa shape index (κ3) is 2.39. The summed E-state index contributed by atoms with van der Waals surface area (Å²) in [5.41, 5.74) is 0.557. The van der Waals surface area contributed by atoms with E-state index in [9.17, 15) is 0 Å². The maximum Gasteiger partial charge on any atom is 0.143 e. The summed E-state index contributed by atoms with van der Waals surface area (Å²) in [6, 6.07) is 9.36. The molecule has 0 fully saturated rings. The first-order valence-corrected chi connectivity index (χ1v) is 5.01. The van der Waals surface area contributed by atoms with Gasteiger partial charge in [0.05, 0.1) is 11.8 Å². The monoisotopic (exact) mass is 213 g/mol. The number of nitrogens with one attached hydrogen (secondary N) is 1. The van der Waals surface area contributed by atoms with Crippen LogP contribution in [-0.2, 0) is 6.42 Å². The van der Waals surface area contributed by atoms with Crippen LogP contribution in [0.25, 0.3) is 0 Å². The van der Waals surface area contributed by atoms with Crippen molar-refractivity contribution in [2.75, 3.05) is 11.9 Å². The summed E-state index contributed by atoms with van der Waals surface area (Å²) in [5, 5.41) is 12.0. The quantitative estimate of drug-likeness (QED) is 0.845. The molecule has 0 aliphatic carbocycles. The Morgan fingerprint density at radius 3 is 3.06 bits per heavy atom. The normalized spacial score (nSPS) is 9.69. The minimum atomic E-state index is 0.557. The van der Waals surface area contributed by atoms with Gasteiger partial charge < -0.3 is 9.73 Å². The van der Waals surface area contributed by atoms with Crippen LogP contribution in [0.3, 0.4) is 0 Å². The van der Waals surface area contributed by atoms with E-state index < -0.39 is 0 Å². The molecule has 0 radical (unpaired) electrons. The number of furan rings is 1. The van der Waals surface area contributed by atoms with Crippen molar-refractivity contribution >= 4 is 5.82 Å². The first-order valence-electron chi connectivity index (χ1n) is 5.01. The summed E-state index contributed by atoms with van der Waals surface area (Å²) in [7, 11) is 0. The highest BCUT2D eigenvalue weighted by molar-refractivity contribution is 5.51. The van der Waals surface area contributed by atoms with E-state index in [4.69, 9.17) is 9.68 Å². The lowest BCUT2D eigenvalue weighted by molar-refractivity contribution is 0.513. The van der Waals surface area contributed by atoms with E-state index in [0.29, 0.717) is 17.9 Å². The molecule has 4 nitrogen and oxygen atoms in total. The maximum atomic E-state index is 8.85. The first-order chi connectivity index (χ1) is 7.90. The Balaban J connectivity index is 1.93. The summed E-state index contributed by atoms with van der Waals surface area (Å²) in [5.74, 6) is 1.54. The Morgan fingerprint density at radius 1 is 1.38 bits per heavy atom. The van der Waals surface area contributed by atoms with E-state index in [2.05, 4.69) is 16.4 Å². The molecule has 0 bridgehead atoms. The van der Waals surface area contributed by atoms with Gasteiger partial charge in [0.1, 0.15) is 17.6 Å². The second-order valence-corrected chi connectivity index (χ2v) is 3.27. The van der Waals surface area contributed by atoms with Gasteiger partial charge in [0.2, 0.25) is 0 Å². The highest BCUT2D eigenvalue weighted by Gasteiger charge is 2.01. The van der Waals surface area contributed by atoms with E-state index in [1.165, 1.54) is 0 Å². The second-order valence-electron chi connectivity index (χ2n) is 3.27. The highest BCUT2D eigenvalue weighted by atomic mass is 16.3. The number of rotatable bonds is 4. The van der Waals surface area contributed by atoms with Crippen LogP contribution in [-0.4, -0.2) is 11.5 Å². The summed E-state index contributed by atoms with van der Waals surface area (Å²) in [6.07, 6.45) is 4.08. The lowest BCUT2D eigenvalue weighted by atomic mass is 10.2. The lowest BCUT2D eigenvalue weighted by Crippen LogP contribution is -2.07. The first kappa shape index (κ1) is 10.2. The molecule has 4 heteroatoms. The predicted molar refractivity (Wildman–Crippen MR) is 59.9 cm³/mol. The predicted octanol–water partition coefficient (Wildman–Crippen LogP) is 2.20. The van der Waals surface area contributed by atoms with E-state index in [1.807, 2.05) is 12.1 Å². The molecule has 0 amide bonds. The van der Waals surface area contributed by atoms with Crippen LogP contribution >= 0.6 is 0 Å². The Bertz CT molecular complexity index is 485. The van der Waals surface area contributed by atoms with Crippen molar-refractivity contribution in [3.8, 4) is 6.07 Å². The van der Waals surface area contributed by atoms with Crippen molar-refractivity contribution in [3.05, 3.63) is 48.0 Å². The molecule has 0 spiro atoms. The van der Waals surface area contributed by atoms with Crippen molar-refractivity contribution in [1.29, 1.82) is 5.26 Å². The van der Waals surface area contributed by atoms with Gasteiger partial charge in [0.15, 0.2) is 0 Å². The van der Waals surface area contributed by atoms with Gasteiger partial charge in [-0.15, -0.1) is 0 Å². The van der Waals surface area contributed by atoms with Crippen molar-refractivity contribution in [2.45, 2.75) is 6.42 Å².